The van der Waals surface area contributed by atoms with Crippen LogP contribution in [-0.2, 0) is 14.8 Å². The summed E-state index contributed by atoms with van der Waals surface area (Å²) < 4.78 is 29.7. The summed E-state index contributed by atoms with van der Waals surface area (Å²) in [5, 5.41) is 1.06. The molecule has 184 valence electrons. The van der Waals surface area contributed by atoms with E-state index in [-0.39, 0.29) is 10.1 Å². The number of carbonyl (C=O) groups is 1. The quantitative estimate of drug-likeness (QED) is 0.379. The number of halogens is 2. The van der Waals surface area contributed by atoms with Crippen LogP contribution in [0.15, 0.2) is 34.5 Å². The molecular weight excluding hydrogens is 535 g/mol. The van der Waals surface area contributed by atoms with Gasteiger partial charge in [-0.15, -0.1) is 11.3 Å². The van der Waals surface area contributed by atoms with E-state index in [9.17, 15) is 13.2 Å². The molecule has 1 amide bonds. The molecule has 0 bridgehead atoms. The van der Waals surface area contributed by atoms with Gasteiger partial charge in [-0.2, -0.15) is 4.31 Å². The van der Waals surface area contributed by atoms with E-state index in [0.29, 0.717) is 45.9 Å². The second kappa shape index (κ2) is 10.8. The van der Waals surface area contributed by atoms with Gasteiger partial charge in [0.2, 0.25) is 5.91 Å². The fraction of sp³-hybridized carbons (Fsp3) is 0.455. The van der Waals surface area contributed by atoms with Gasteiger partial charge in [0, 0.05) is 13.1 Å². The van der Waals surface area contributed by atoms with Crippen LogP contribution in [0.25, 0.3) is 10.2 Å². The molecule has 0 saturated carbocycles. The molecule has 1 aromatic carbocycles. The van der Waals surface area contributed by atoms with Crippen LogP contribution in [0.2, 0.25) is 9.36 Å². The number of rotatable bonds is 8. The molecule has 4 rings (SSSR count). The van der Waals surface area contributed by atoms with Crippen molar-refractivity contribution < 1.29 is 13.2 Å². The first-order chi connectivity index (χ1) is 16.2. The molecule has 0 N–H and O–H groups in total. The second-order valence-corrected chi connectivity index (χ2v) is 13.7. The number of hydrogen-bond acceptors (Lipinski definition) is 7. The lowest BCUT2D eigenvalue weighted by Crippen LogP contribution is -2.53. The highest BCUT2D eigenvalue weighted by molar-refractivity contribution is 7.91. The summed E-state index contributed by atoms with van der Waals surface area (Å²) >= 11 is 14.7. The molecule has 1 unspecified atom stereocenters. The van der Waals surface area contributed by atoms with Crippen molar-refractivity contribution in [2.75, 3.05) is 38.6 Å². The Hall–Kier alpha value is -1.27. The zero-order valence-corrected chi connectivity index (χ0v) is 22.9. The summed E-state index contributed by atoms with van der Waals surface area (Å²) in [7, 11) is 0.112. The van der Waals surface area contributed by atoms with E-state index in [0.717, 1.165) is 35.4 Å². The number of benzene rings is 1. The minimum absolute atomic E-state index is 0.156. The van der Waals surface area contributed by atoms with E-state index >= 15 is 0 Å². The van der Waals surface area contributed by atoms with Crippen LogP contribution in [-0.4, -0.2) is 68.3 Å². The first kappa shape index (κ1) is 25.8. The van der Waals surface area contributed by atoms with Crippen molar-refractivity contribution in [3.8, 4) is 0 Å². The molecule has 1 fully saturated rings. The molecule has 3 heterocycles. The van der Waals surface area contributed by atoms with Gasteiger partial charge >= 0.3 is 0 Å². The number of para-hydroxylation sites is 1. The summed E-state index contributed by atoms with van der Waals surface area (Å²) in [6.07, 6.45) is 2.68. The maximum atomic E-state index is 13.9. The molecular formula is C22H26Cl2N4O3S3. The smallest absolute Gasteiger partial charge is 0.253 e. The van der Waals surface area contributed by atoms with Gasteiger partial charge in [-0.1, -0.05) is 47.0 Å². The average molecular weight is 562 g/mol. The van der Waals surface area contributed by atoms with Gasteiger partial charge in [0.1, 0.15) is 15.8 Å². The SMILES string of the molecule is CN(C)CCCN(C(=O)C1CCCCN1S(=O)(=O)c1ccc(Cl)s1)c1nc2c(Cl)cccc2s1. The predicted octanol–water partition coefficient (Wildman–Crippen LogP) is 5.19. The van der Waals surface area contributed by atoms with E-state index in [2.05, 4.69) is 9.88 Å². The highest BCUT2D eigenvalue weighted by Gasteiger charge is 2.41. The lowest BCUT2D eigenvalue weighted by Gasteiger charge is -2.36. The molecule has 0 aliphatic carbocycles. The largest absolute Gasteiger partial charge is 0.309 e. The number of hydrogen-bond donors (Lipinski definition) is 0. The monoisotopic (exact) mass is 560 g/mol. The topological polar surface area (TPSA) is 73.8 Å². The molecule has 1 atom stereocenters. The predicted molar refractivity (Wildman–Crippen MR) is 141 cm³/mol. The van der Waals surface area contributed by atoms with Crippen molar-refractivity contribution in [3.05, 3.63) is 39.7 Å². The third-order valence-corrected chi connectivity index (χ3v) is 10.6. The maximum Gasteiger partial charge on any atom is 0.253 e. The van der Waals surface area contributed by atoms with E-state index in [1.54, 1.807) is 17.0 Å². The number of thiophene rings is 1. The second-order valence-electron chi connectivity index (χ2n) is 8.42. The number of fused-ring (bicyclic) bond motifs is 1. The Kier molecular flexibility index (Phi) is 8.18. The van der Waals surface area contributed by atoms with Crippen molar-refractivity contribution in [2.45, 2.75) is 35.9 Å². The molecule has 2 aromatic heterocycles. The summed E-state index contributed by atoms with van der Waals surface area (Å²) in [4.78, 5) is 22.3. The lowest BCUT2D eigenvalue weighted by molar-refractivity contribution is -0.123. The van der Waals surface area contributed by atoms with E-state index in [1.807, 2.05) is 26.2 Å². The number of amides is 1. The van der Waals surface area contributed by atoms with Gasteiger partial charge in [0.25, 0.3) is 10.0 Å². The molecule has 1 aliphatic heterocycles. The number of anilines is 1. The van der Waals surface area contributed by atoms with E-state index in [4.69, 9.17) is 23.2 Å². The van der Waals surface area contributed by atoms with Crippen LogP contribution < -0.4 is 4.90 Å². The standard InChI is InChI=1S/C22H26Cl2N4O3S3/c1-26(2)12-6-13-27(22-25-20-15(23)7-5-9-17(20)32-22)21(29)16-8-3-4-14-28(16)34(30,31)19-11-10-18(24)33-19/h5,7,9-11,16H,3-4,6,8,12-14H2,1-2H3. The summed E-state index contributed by atoms with van der Waals surface area (Å²) in [5.41, 5.74) is 0.649. The molecule has 1 aliphatic rings. The van der Waals surface area contributed by atoms with Crippen molar-refractivity contribution in [1.29, 1.82) is 0 Å². The lowest BCUT2D eigenvalue weighted by atomic mass is 10.0. The van der Waals surface area contributed by atoms with Gasteiger partial charge in [-0.05, 0) is 64.2 Å². The molecule has 0 spiro atoms. The summed E-state index contributed by atoms with van der Waals surface area (Å²) in [6, 6.07) is 7.82. The van der Waals surface area contributed by atoms with Gasteiger partial charge in [0.05, 0.1) is 14.1 Å². The molecule has 34 heavy (non-hydrogen) atoms. The minimum atomic E-state index is -3.84. The Bertz CT molecular complexity index is 1280. The number of carbonyl (C=O) groups excluding carboxylic acids is 1. The van der Waals surface area contributed by atoms with Gasteiger partial charge < -0.3 is 4.90 Å². The van der Waals surface area contributed by atoms with Crippen LogP contribution in [0, 0.1) is 0 Å². The van der Waals surface area contributed by atoms with Gasteiger partial charge in [0.15, 0.2) is 5.13 Å². The molecule has 7 nitrogen and oxygen atoms in total. The zero-order chi connectivity index (χ0) is 24.5. The van der Waals surface area contributed by atoms with Crippen LogP contribution >= 0.6 is 45.9 Å². The van der Waals surface area contributed by atoms with E-state index in [1.165, 1.54) is 21.7 Å². The summed E-state index contributed by atoms with van der Waals surface area (Å²) in [5.74, 6) is -0.250. The zero-order valence-electron chi connectivity index (χ0n) is 18.9. The van der Waals surface area contributed by atoms with Crippen molar-refractivity contribution >= 4 is 77.2 Å². The Balaban J connectivity index is 1.69. The third kappa shape index (κ3) is 5.43. The Labute approximate surface area is 217 Å². The van der Waals surface area contributed by atoms with Crippen LogP contribution in [0.5, 0.6) is 0 Å². The van der Waals surface area contributed by atoms with Crippen LogP contribution in [0.4, 0.5) is 5.13 Å². The first-order valence-corrected chi connectivity index (χ1v) is 14.8. The van der Waals surface area contributed by atoms with E-state index < -0.39 is 16.1 Å². The minimum Gasteiger partial charge on any atom is -0.309 e. The number of sulfonamides is 1. The van der Waals surface area contributed by atoms with Crippen LogP contribution in [0.1, 0.15) is 25.7 Å². The average Bonchev–Trinajstić information content (AvgIpc) is 3.44. The number of aromatic nitrogens is 1. The number of nitrogens with zero attached hydrogens (tertiary/aromatic N) is 4. The maximum absolute atomic E-state index is 13.9. The summed E-state index contributed by atoms with van der Waals surface area (Å²) in [6.45, 7) is 1.52. The molecule has 3 aromatic rings. The van der Waals surface area contributed by atoms with Gasteiger partial charge in [-0.3, -0.25) is 9.69 Å². The Morgan fingerprint density at radius 2 is 1.94 bits per heavy atom. The van der Waals surface area contributed by atoms with Crippen molar-refractivity contribution in [3.63, 3.8) is 0 Å². The first-order valence-electron chi connectivity index (χ1n) is 11.0. The van der Waals surface area contributed by atoms with Gasteiger partial charge in [-0.25, -0.2) is 13.4 Å². The normalized spacial score (nSPS) is 17.5. The highest BCUT2D eigenvalue weighted by atomic mass is 35.5. The fourth-order valence-corrected chi connectivity index (χ4v) is 8.59. The third-order valence-electron chi connectivity index (χ3n) is 5.69. The molecule has 12 heteroatoms. The highest BCUT2D eigenvalue weighted by Crippen LogP contribution is 2.36. The Morgan fingerprint density at radius 3 is 2.62 bits per heavy atom. The molecule has 0 radical (unpaired) electrons. The fourth-order valence-electron chi connectivity index (χ4n) is 4.04. The Morgan fingerprint density at radius 1 is 1.15 bits per heavy atom. The van der Waals surface area contributed by atoms with Crippen LogP contribution in [0.3, 0.4) is 0 Å². The number of piperidine rings is 1. The van der Waals surface area contributed by atoms with Crippen molar-refractivity contribution in [2.24, 2.45) is 0 Å². The molecule has 1 saturated heterocycles. The van der Waals surface area contributed by atoms with Crippen molar-refractivity contribution in [1.82, 2.24) is 14.2 Å². The number of thiazole rings is 1.